The molecule has 0 saturated heterocycles. The monoisotopic (exact) mass is 396 g/mol. The highest BCUT2D eigenvalue weighted by Crippen LogP contribution is 2.28. The molecule has 27 heavy (non-hydrogen) atoms. The molecule has 0 aliphatic heterocycles. The smallest absolute Gasteiger partial charge is 0.234 e. The van der Waals surface area contributed by atoms with Crippen molar-refractivity contribution in [1.82, 2.24) is 14.8 Å². The number of anilines is 1. The molecule has 0 atom stereocenters. The molecule has 0 radical (unpaired) electrons. The Balaban J connectivity index is 1.72. The molecular formula is C17H15F3N4O2S. The van der Waals surface area contributed by atoms with E-state index in [-0.39, 0.29) is 11.8 Å². The lowest BCUT2D eigenvalue weighted by molar-refractivity contribution is -0.113. The predicted octanol–water partition coefficient (Wildman–Crippen LogP) is 4.27. The van der Waals surface area contributed by atoms with E-state index in [1.165, 1.54) is 6.26 Å². The lowest BCUT2D eigenvalue weighted by Crippen LogP contribution is -2.16. The van der Waals surface area contributed by atoms with E-state index in [4.69, 9.17) is 4.42 Å². The third-order valence-corrected chi connectivity index (χ3v) is 4.51. The van der Waals surface area contributed by atoms with Crippen molar-refractivity contribution >= 4 is 23.4 Å². The minimum absolute atomic E-state index is 0.00528. The number of hydrogen-bond acceptors (Lipinski definition) is 5. The zero-order valence-corrected chi connectivity index (χ0v) is 15.2. The summed E-state index contributed by atoms with van der Waals surface area (Å²) in [7, 11) is 0. The number of nitrogens with one attached hydrogen (secondary N) is 1. The van der Waals surface area contributed by atoms with E-state index in [0.29, 0.717) is 16.7 Å². The van der Waals surface area contributed by atoms with E-state index in [0.717, 1.165) is 23.9 Å². The van der Waals surface area contributed by atoms with Crippen molar-refractivity contribution in [3.8, 4) is 11.6 Å². The fraction of sp³-hybridized carbons (Fsp3) is 0.235. The predicted molar refractivity (Wildman–Crippen MR) is 93.8 cm³/mol. The highest BCUT2D eigenvalue weighted by molar-refractivity contribution is 7.99. The van der Waals surface area contributed by atoms with Gasteiger partial charge in [-0.3, -0.25) is 9.36 Å². The third kappa shape index (κ3) is 4.00. The van der Waals surface area contributed by atoms with Gasteiger partial charge in [0.05, 0.1) is 17.7 Å². The van der Waals surface area contributed by atoms with Crippen molar-refractivity contribution in [1.29, 1.82) is 0 Å². The van der Waals surface area contributed by atoms with Gasteiger partial charge < -0.3 is 9.73 Å². The molecule has 1 N–H and O–H groups in total. The number of thioether (sulfide) groups is 1. The van der Waals surface area contributed by atoms with Crippen LogP contribution in [0.3, 0.4) is 0 Å². The minimum atomic E-state index is -1.64. The Morgan fingerprint density at radius 2 is 2.00 bits per heavy atom. The first kappa shape index (κ1) is 19.0. The molecule has 0 aliphatic rings. The molecule has 2 heterocycles. The maximum atomic E-state index is 13.6. The molecule has 3 rings (SSSR count). The lowest BCUT2D eigenvalue weighted by atomic mass is 10.3. The van der Waals surface area contributed by atoms with Crippen molar-refractivity contribution in [3.63, 3.8) is 0 Å². The van der Waals surface area contributed by atoms with Gasteiger partial charge in [-0.2, -0.15) is 0 Å². The summed E-state index contributed by atoms with van der Waals surface area (Å²) in [6.07, 6.45) is 1.52. The average molecular weight is 396 g/mol. The zero-order chi connectivity index (χ0) is 19.6. The Labute approximate surface area is 156 Å². The number of carbonyl (C=O) groups excluding carboxylic acids is 1. The van der Waals surface area contributed by atoms with Gasteiger partial charge in [0, 0.05) is 6.04 Å². The Morgan fingerprint density at radius 3 is 2.67 bits per heavy atom. The third-order valence-electron chi connectivity index (χ3n) is 3.56. The summed E-state index contributed by atoms with van der Waals surface area (Å²) >= 11 is 1.08. The quantitative estimate of drug-likeness (QED) is 0.498. The molecule has 142 valence electrons. The number of amides is 1. The van der Waals surface area contributed by atoms with E-state index in [2.05, 4.69) is 15.5 Å². The van der Waals surface area contributed by atoms with Gasteiger partial charge in [-0.15, -0.1) is 10.2 Å². The van der Waals surface area contributed by atoms with Crippen LogP contribution in [0.15, 0.2) is 40.1 Å². The molecule has 0 saturated carbocycles. The number of halogens is 3. The van der Waals surface area contributed by atoms with Gasteiger partial charge >= 0.3 is 0 Å². The number of nitrogens with zero attached hydrogens (tertiary/aromatic N) is 3. The maximum absolute atomic E-state index is 13.6. The number of carbonyl (C=O) groups is 1. The minimum Gasteiger partial charge on any atom is -0.461 e. The Bertz CT molecular complexity index is 957. The normalized spacial score (nSPS) is 11.2. The summed E-state index contributed by atoms with van der Waals surface area (Å²) < 4.78 is 47.0. The standard InChI is InChI=1S/C17H15F3N4O2S/c1-9(2)24-16(12-4-3-7-26-12)22-23-17(24)27-8-13(25)21-11-6-5-10(18)14(19)15(11)20/h3-7,9H,8H2,1-2H3,(H,21,25). The first-order valence-electron chi connectivity index (χ1n) is 7.93. The summed E-state index contributed by atoms with van der Waals surface area (Å²) in [6, 6.07) is 5.17. The van der Waals surface area contributed by atoms with Crippen LogP contribution in [-0.4, -0.2) is 26.4 Å². The number of rotatable bonds is 6. The van der Waals surface area contributed by atoms with Crippen LogP contribution in [0.4, 0.5) is 18.9 Å². The molecule has 0 spiro atoms. The first-order valence-corrected chi connectivity index (χ1v) is 8.92. The van der Waals surface area contributed by atoms with Gasteiger partial charge in [-0.05, 0) is 38.1 Å². The van der Waals surface area contributed by atoms with Crippen LogP contribution in [0.5, 0.6) is 0 Å². The molecule has 0 aliphatic carbocycles. The second kappa shape index (κ2) is 7.87. The molecule has 0 bridgehead atoms. The summed E-state index contributed by atoms with van der Waals surface area (Å²) in [5, 5.41) is 10.8. The number of furan rings is 1. The number of hydrogen-bond donors (Lipinski definition) is 1. The zero-order valence-electron chi connectivity index (χ0n) is 14.4. The number of aromatic nitrogens is 3. The van der Waals surface area contributed by atoms with E-state index >= 15 is 0 Å². The van der Waals surface area contributed by atoms with Crippen molar-refractivity contribution in [2.24, 2.45) is 0 Å². The van der Waals surface area contributed by atoms with E-state index < -0.39 is 29.0 Å². The Morgan fingerprint density at radius 1 is 1.22 bits per heavy atom. The van der Waals surface area contributed by atoms with Gasteiger partial charge in [-0.1, -0.05) is 11.8 Å². The lowest BCUT2D eigenvalue weighted by Gasteiger charge is -2.12. The molecule has 10 heteroatoms. The van der Waals surface area contributed by atoms with Gasteiger partial charge in [-0.25, -0.2) is 13.2 Å². The van der Waals surface area contributed by atoms with E-state index in [1.807, 2.05) is 13.8 Å². The fourth-order valence-corrected chi connectivity index (χ4v) is 3.22. The summed E-state index contributed by atoms with van der Waals surface area (Å²) in [4.78, 5) is 12.1. The van der Waals surface area contributed by atoms with Crippen LogP contribution in [0.2, 0.25) is 0 Å². The molecule has 2 aromatic heterocycles. The molecule has 3 aromatic rings. The summed E-state index contributed by atoms with van der Waals surface area (Å²) in [5.74, 6) is -4.07. The van der Waals surface area contributed by atoms with Crippen LogP contribution in [0, 0.1) is 17.5 Å². The summed E-state index contributed by atoms with van der Waals surface area (Å²) in [6.45, 7) is 3.85. The van der Waals surface area contributed by atoms with E-state index in [9.17, 15) is 18.0 Å². The first-order chi connectivity index (χ1) is 12.9. The highest BCUT2D eigenvalue weighted by Gasteiger charge is 2.20. The van der Waals surface area contributed by atoms with Gasteiger partial charge in [0.1, 0.15) is 0 Å². The van der Waals surface area contributed by atoms with Crippen LogP contribution in [0.25, 0.3) is 11.6 Å². The summed E-state index contributed by atoms with van der Waals surface area (Å²) in [5.41, 5.74) is -0.430. The van der Waals surface area contributed by atoms with Crippen molar-refractivity contribution < 1.29 is 22.4 Å². The second-order valence-electron chi connectivity index (χ2n) is 5.81. The van der Waals surface area contributed by atoms with E-state index in [1.54, 1.807) is 16.7 Å². The van der Waals surface area contributed by atoms with Crippen LogP contribution < -0.4 is 5.32 Å². The average Bonchev–Trinajstić information content (AvgIpc) is 3.29. The van der Waals surface area contributed by atoms with Crippen molar-refractivity contribution in [3.05, 3.63) is 48.0 Å². The SMILES string of the molecule is CC(C)n1c(SCC(=O)Nc2ccc(F)c(F)c2F)nnc1-c1ccco1. The molecule has 1 aromatic carbocycles. The van der Waals surface area contributed by atoms with Crippen LogP contribution in [0.1, 0.15) is 19.9 Å². The van der Waals surface area contributed by atoms with Crippen LogP contribution >= 0.6 is 11.8 Å². The maximum Gasteiger partial charge on any atom is 0.234 e. The Hall–Kier alpha value is -2.75. The molecule has 6 nitrogen and oxygen atoms in total. The molecule has 0 unspecified atom stereocenters. The van der Waals surface area contributed by atoms with Crippen LogP contribution in [-0.2, 0) is 4.79 Å². The largest absolute Gasteiger partial charge is 0.461 e. The van der Waals surface area contributed by atoms with Gasteiger partial charge in [0.2, 0.25) is 11.7 Å². The second-order valence-corrected chi connectivity index (χ2v) is 6.75. The Kier molecular flexibility index (Phi) is 5.54. The van der Waals surface area contributed by atoms with Gasteiger partial charge in [0.25, 0.3) is 0 Å². The molecule has 0 fully saturated rings. The van der Waals surface area contributed by atoms with Crippen molar-refractivity contribution in [2.75, 3.05) is 11.1 Å². The fourth-order valence-electron chi connectivity index (χ4n) is 2.35. The molecule has 1 amide bonds. The van der Waals surface area contributed by atoms with Gasteiger partial charge in [0.15, 0.2) is 28.4 Å². The number of benzene rings is 1. The highest BCUT2D eigenvalue weighted by atomic mass is 32.2. The topological polar surface area (TPSA) is 73.0 Å². The van der Waals surface area contributed by atoms with Crippen molar-refractivity contribution in [2.45, 2.75) is 25.0 Å². The molecular weight excluding hydrogens is 381 g/mol.